The average molecular weight is 405 g/mol. The fraction of sp³-hybridized carbons (Fsp3) is 0.435. The minimum atomic E-state index is 0.0335. The molecule has 2 aliphatic rings. The van der Waals surface area contributed by atoms with Gasteiger partial charge < -0.3 is 9.47 Å². The summed E-state index contributed by atoms with van der Waals surface area (Å²) in [7, 11) is 0. The molecule has 0 aliphatic carbocycles. The zero-order chi connectivity index (χ0) is 20.5. The number of piperidine rings is 1. The highest BCUT2D eigenvalue weighted by molar-refractivity contribution is 5.36. The number of fused-ring (bicyclic) bond motifs is 1. The van der Waals surface area contributed by atoms with E-state index in [9.17, 15) is 4.79 Å². The molecule has 30 heavy (non-hydrogen) atoms. The maximum Gasteiger partial charge on any atom is 0.255 e. The van der Waals surface area contributed by atoms with Crippen molar-refractivity contribution in [2.45, 2.75) is 51.7 Å². The molecular formula is C23H28N6O. The summed E-state index contributed by atoms with van der Waals surface area (Å²) in [6.07, 6.45) is 10.0. The van der Waals surface area contributed by atoms with Gasteiger partial charge in [-0.1, -0.05) is 0 Å². The molecule has 1 N–H and O–H groups in total. The Morgan fingerprint density at radius 1 is 1.20 bits per heavy atom. The number of H-pyrrole nitrogens is 1. The van der Waals surface area contributed by atoms with E-state index in [-0.39, 0.29) is 5.56 Å². The molecular weight excluding hydrogens is 376 g/mol. The van der Waals surface area contributed by atoms with Crippen molar-refractivity contribution < 1.29 is 0 Å². The van der Waals surface area contributed by atoms with E-state index in [0.717, 1.165) is 61.8 Å². The molecule has 7 nitrogen and oxygen atoms in total. The predicted octanol–water partition coefficient (Wildman–Crippen LogP) is 2.89. The second-order valence-electron chi connectivity index (χ2n) is 8.39. The molecule has 0 saturated carbocycles. The van der Waals surface area contributed by atoms with E-state index < -0.39 is 0 Å². The van der Waals surface area contributed by atoms with Crippen LogP contribution in [0.2, 0.25) is 0 Å². The van der Waals surface area contributed by atoms with Gasteiger partial charge in [-0.05, 0) is 56.9 Å². The van der Waals surface area contributed by atoms with Crippen LogP contribution < -0.4 is 10.5 Å². The van der Waals surface area contributed by atoms with Crippen molar-refractivity contribution in [2.24, 2.45) is 0 Å². The Morgan fingerprint density at radius 2 is 2.13 bits per heavy atom. The molecule has 1 atom stereocenters. The summed E-state index contributed by atoms with van der Waals surface area (Å²) in [5.41, 5.74) is 4.08. The van der Waals surface area contributed by atoms with E-state index in [2.05, 4.69) is 55.7 Å². The second-order valence-corrected chi connectivity index (χ2v) is 8.39. The van der Waals surface area contributed by atoms with E-state index in [1.54, 1.807) is 6.20 Å². The minimum Gasteiger partial charge on any atom is -0.340 e. The Labute approximate surface area is 176 Å². The number of rotatable bonds is 4. The number of aromatic nitrogens is 4. The zero-order valence-electron chi connectivity index (χ0n) is 17.4. The molecule has 3 aromatic heterocycles. The summed E-state index contributed by atoms with van der Waals surface area (Å²) in [6.45, 7) is 5.55. The first-order valence-corrected chi connectivity index (χ1v) is 10.9. The third-order valence-corrected chi connectivity index (χ3v) is 6.36. The number of nitrogens with one attached hydrogen (secondary N) is 1. The molecule has 0 bridgehead atoms. The van der Waals surface area contributed by atoms with Crippen LogP contribution in [0.1, 0.15) is 43.1 Å². The molecule has 0 aromatic carbocycles. The van der Waals surface area contributed by atoms with Crippen molar-refractivity contribution in [3.8, 4) is 5.69 Å². The van der Waals surface area contributed by atoms with Crippen LogP contribution in [0.15, 0.2) is 47.7 Å². The van der Waals surface area contributed by atoms with Gasteiger partial charge >= 0.3 is 0 Å². The van der Waals surface area contributed by atoms with E-state index >= 15 is 0 Å². The van der Waals surface area contributed by atoms with Crippen molar-refractivity contribution in [3.63, 3.8) is 0 Å². The van der Waals surface area contributed by atoms with Gasteiger partial charge in [0.1, 0.15) is 0 Å². The fourth-order valence-corrected chi connectivity index (χ4v) is 4.69. The van der Waals surface area contributed by atoms with E-state index in [1.165, 1.54) is 12.1 Å². The van der Waals surface area contributed by atoms with E-state index in [4.69, 9.17) is 4.98 Å². The molecule has 1 saturated heterocycles. The van der Waals surface area contributed by atoms with Gasteiger partial charge in [0.15, 0.2) is 0 Å². The number of aromatic amines is 1. The lowest BCUT2D eigenvalue weighted by molar-refractivity contribution is 0.236. The number of pyridine rings is 1. The standard InChI is InChI=1S/C23H28N6O/c1-17-6-2-3-11-28(17)23-25-21-16-27(13-9-20(21)22(30)26-23)15-19-8-5-12-29(19)18-7-4-10-24-14-18/h4-5,7-8,10,12,14,17H,2-3,6,9,11,13,15-16H2,1H3,(H,25,26,30). The van der Waals surface area contributed by atoms with E-state index in [1.807, 2.05) is 12.3 Å². The average Bonchev–Trinajstić information content (AvgIpc) is 3.22. The first kappa shape index (κ1) is 19.1. The minimum absolute atomic E-state index is 0.0335. The highest BCUT2D eigenvalue weighted by Crippen LogP contribution is 2.24. The van der Waals surface area contributed by atoms with Crippen LogP contribution >= 0.6 is 0 Å². The summed E-state index contributed by atoms with van der Waals surface area (Å²) in [6, 6.07) is 8.65. The van der Waals surface area contributed by atoms with Crippen molar-refractivity contribution >= 4 is 5.95 Å². The van der Waals surface area contributed by atoms with Crippen LogP contribution in [0.5, 0.6) is 0 Å². The van der Waals surface area contributed by atoms with Gasteiger partial charge in [0, 0.05) is 55.9 Å². The summed E-state index contributed by atoms with van der Waals surface area (Å²) in [5.74, 6) is 0.742. The topological polar surface area (TPSA) is 70.1 Å². The summed E-state index contributed by atoms with van der Waals surface area (Å²) in [5, 5.41) is 0. The van der Waals surface area contributed by atoms with Gasteiger partial charge in [0.25, 0.3) is 5.56 Å². The van der Waals surface area contributed by atoms with Gasteiger partial charge in [-0.25, -0.2) is 4.98 Å². The highest BCUT2D eigenvalue weighted by Gasteiger charge is 2.25. The monoisotopic (exact) mass is 404 g/mol. The molecule has 7 heteroatoms. The van der Waals surface area contributed by atoms with Crippen LogP contribution in [0.3, 0.4) is 0 Å². The van der Waals surface area contributed by atoms with Crippen molar-refractivity contribution in [1.29, 1.82) is 0 Å². The predicted molar refractivity (Wildman–Crippen MR) is 117 cm³/mol. The Balaban J connectivity index is 1.38. The Bertz CT molecular complexity index is 1070. The number of hydrogen-bond donors (Lipinski definition) is 1. The van der Waals surface area contributed by atoms with Gasteiger partial charge in [0.2, 0.25) is 5.95 Å². The third kappa shape index (κ3) is 3.65. The molecule has 1 fully saturated rings. The molecule has 3 aromatic rings. The van der Waals surface area contributed by atoms with E-state index in [0.29, 0.717) is 12.6 Å². The maximum atomic E-state index is 12.7. The lowest BCUT2D eigenvalue weighted by atomic mass is 10.0. The Hall–Kier alpha value is -2.93. The molecule has 156 valence electrons. The zero-order valence-corrected chi connectivity index (χ0v) is 17.4. The first-order valence-electron chi connectivity index (χ1n) is 10.9. The Morgan fingerprint density at radius 3 is 2.97 bits per heavy atom. The second kappa shape index (κ2) is 8.07. The quantitative estimate of drug-likeness (QED) is 0.724. The summed E-state index contributed by atoms with van der Waals surface area (Å²) in [4.78, 5) is 29.6. The van der Waals surface area contributed by atoms with Crippen molar-refractivity contribution in [1.82, 2.24) is 24.4 Å². The molecule has 1 unspecified atom stereocenters. The molecule has 0 amide bonds. The van der Waals surface area contributed by atoms with Gasteiger partial charge in [-0.15, -0.1) is 0 Å². The van der Waals surface area contributed by atoms with Crippen molar-refractivity contribution in [3.05, 3.63) is 70.2 Å². The Kier molecular flexibility index (Phi) is 5.12. The number of hydrogen-bond acceptors (Lipinski definition) is 5. The van der Waals surface area contributed by atoms with Crippen LogP contribution in [0, 0.1) is 0 Å². The number of nitrogens with zero attached hydrogens (tertiary/aromatic N) is 5. The lowest BCUT2D eigenvalue weighted by Gasteiger charge is -2.35. The summed E-state index contributed by atoms with van der Waals surface area (Å²) >= 11 is 0. The molecule has 0 radical (unpaired) electrons. The molecule has 5 heterocycles. The van der Waals surface area contributed by atoms with Crippen molar-refractivity contribution in [2.75, 3.05) is 18.0 Å². The fourth-order valence-electron chi connectivity index (χ4n) is 4.69. The summed E-state index contributed by atoms with van der Waals surface area (Å²) < 4.78 is 2.18. The van der Waals surface area contributed by atoms with Gasteiger partial charge in [0.05, 0.1) is 17.6 Å². The van der Waals surface area contributed by atoms with Crippen LogP contribution in [0.25, 0.3) is 5.69 Å². The normalized spacial score (nSPS) is 19.6. The SMILES string of the molecule is CC1CCCCN1c1nc2c(c(=O)[nH]1)CCN(Cc1cccn1-c1cccnc1)C2. The first-order chi connectivity index (χ1) is 14.7. The van der Waals surface area contributed by atoms with Gasteiger partial charge in [-0.3, -0.25) is 19.7 Å². The van der Waals surface area contributed by atoms with Crippen LogP contribution in [-0.4, -0.2) is 43.6 Å². The molecule has 2 aliphatic heterocycles. The smallest absolute Gasteiger partial charge is 0.255 e. The molecule has 0 spiro atoms. The van der Waals surface area contributed by atoms with Crippen LogP contribution in [-0.2, 0) is 19.5 Å². The highest BCUT2D eigenvalue weighted by atomic mass is 16.1. The number of anilines is 1. The lowest BCUT2D eigenvalue weighted by Crippen LogP contribution is -2.41. The maximum absolute atomic E-state index is 12.7. The largest absolute Gasteiger partial charge is 0.340 e. The van der Waals surface area contributed by atoms with Crippen LogP contribution in [0.4, 0.5) is 5.95 Å². The van der Waals surface area contributed by atoms with Gasteiger partial charge in [-0.2, -0.15) is 0 Å². The molecule has 5 rings (SSSR count). The third-order valence-electron chi connectivity index (χ3n) is 6.36.